The predicted octanol–water partition coefficient (Wildman–Crippen LogP) is 1.92. The molecule has 1 aromatic rings. The number of rotatable bonds is 6. The van der Waals surface area contributed by atoms with Gasteiger partial charge in [0.05, 0.1) is 7.11 Å². The first-order valence-electron chi connectivity index (χ1n) is 6.04. The van der Waals surface area contributed by atoms with Gasteiger partial charge >= 0.3 is 5.97 Å². The SMILES string of the molecule is CCNC(C)(COc1ccc(C)cc1)C(=O)OC. The molecule has 0 aromatic heterocycles. The first-order valence-corrected chi connectivity index (χ1v) is 6.04. The summed E-state index contributed by atoms with van der Waals surface area (Å²) in [5, 5.41) is 3.09. The topological polar surface area (TPSA) is 47.6 Å². The molecule has 0 spiro atoms. The third kappa shape index (κ3) is 3.74. The zero-order chi connectivity index (χ0) is 13.6. The van der Waals surface area contributed by atoms with Crippen molar-refractivity contribution in [1.82, 2.24) is 5.32 Å². The number of methoxy groups -OCH3 is 1. The Morgan fingerprint density at radius 2 is 1.94 bits per heavy atom. The van der Waals surface area contributed by atoms with Crippen molar-refractivity contribution < 1.29 is 14.3 Å². The molecule has 1 rings (SSSR count). The summed E-state index contributed by atoms with van der Waals surface area (Å²) in [5.74, 6) is 0.421. The maximum Gasteiger partial charge on any atom is 0.329 e. The first-order chi connectivity index (χ1) is 8.51. The lowest BCUT2D eigenvalue weighted by molar-refractivity contribution is -0.149. The number of ether oxygens (including phenoxy) is 2. The van der Waals surface area contributed by atoms with E-state index in [0.29, 0.717) is 6.54 Å². The van der Waals surface area contributed by atoms with Crippen LogP contribution in [0.15, 0.2) is 24.3 Å². The molecule has 18 heavy (non-hydrogen) atoms. The lowest BCUT2D eigenvalue weighted by atomic mass is 10.0. The molecule has 0 fully saturated rings. The smallest absolute Gasteiger partial charge is 0.329 e. The van der Waals surface area contributed by atoms with Crippen LogP contribution in [0, 0.1) is 6.92 Å². The Morgan fingerprint density at radius 3 is 2.44 bits per heavy atom. The van der Waals surface area contributed by atoms with E-state index in [1.54, 1.807) is 6.92 Å². The van der Waals surface area contributed by atoms with Crippen LogP contribution in [-0.2, 0) is 9.53 Å². The van der Waals surface area contributed by atoms with E-state index in [1.165, 1.54) is 12.7 Å². The molecule has 1 aromatic carbocycles. The van der Waals surface area contributed by atoms with Crippen molar-refractivity contribution in [3.8, 4) is 5.75 Å². The Bertz CT molecular complexity index is 389. The molecule has 0 saturated carbocycles. The van der Waals surface area contributed by atoms with Gasteiger partial charge in [-0.15, -0.1) is 0 Å². The molecular weight excluding hydrogens is 230 g/mol. The van der Waals surface area contributed by atoms with Crippen molar-refractivity contribution in [2.75, 3.05) is 20.3 Å². The highest BCUT2D eigenvalue weighted by atomic mass is 16.5. The standard InChI is InChI=1S/C14H21NO3/c1-5-15-14(3,13(16)17-4)10-18-12-8-6-11(2)7-9-12/h6-9,15H,5,10H2,1-4H3. The number of benzene rings is 1. The van der Waals surface area contributed by atoms with E-state index in [1.807, 2.05) is 38.1 Å². The normalized spacial score (nSPS) is 13.8. The summed E-state index contributed by atoms with van der Waals surface area (Å²) in [4.78, 5) is 11.7. The van der Waals surface area contributed by atoms with Gasteiger partial charge in [-0.1, -0.05) is 24.6 Å². The molecule has 0 aliphatic heterocycles. The Labute approximate surface area is 108 Å². The van der Waals surface area contributed by atoms with Crippen molar-refractivity contribution in [1.29, 1.82) is 0 Å². The Morgan fingerprint density at radius 1 is 1.33 bits per heavy atom. The van der Waals surface area contributed by atoms with Gasteiger partial charge < -0.3 is 9.47 Å². The van der Waals surface area contributed by atoms with Gasteiger partial charge in [0.1, 0.15) is 17.9 Å². The largest absolute Gasteiger partial charge is 0.491 e. The van der Waals surface area contributed by atoms with Crippen molar-refractivity contribution in [3.05, 3.63) is 29.8 Å². The number of carbonyl (C=O) groups excluding carboxylic acids is 1. The third-order valence-corrected chi connectivity index (χ3v) is 2.75. The van der Waals surface area contributed by atoms with Crippen LogP contribution in [0.25, 0.3) is 0 Å². The fourth-order valence-electron chi connectivity index (χ4n) is 1.66. The fourth-order valence-corrected chi connectivity index (χ4v) is 1.66. The minimum absolute atomic E-state index is 0.233. The first kappa shape index (κ1) is 14.5. The molecule has 0 bridgehead atoms. The summed E-state index contributed by atoms with van der Waals surface area (Å²) in [6.07, 6.45) is 0. The van der Waals surface area contributed by atoms with Gasteiger partial charge in [-0.2, -0.15) is 0 Å². The van der Waals surface area contributed by atoms with E-state index in [9.17, 15) is 4.79 Å². The molecule has 0 heterocycles. The maximum atomic E-state index is 11.7. The number of nitrogens with one attached hydrogen (secondary N) is 1. The molecule has 4 nitrogen and oxygen atoms in total. The van der Waals surface area contributed by atoms with Crippen molar-refractivity contribution >= 4 is 5.97 Å². The summed E-state index contributed by atoms with van der Waals surface area (Å²) < 4.78 is 10.4. The van der Waals surface area contributed by atoms with Crippen LogP contribution in [0.5, 0.6) is 5.75 Å². The zero-order valence-electron chi connectivity index (χ0n) is 11.4. The van der Waals surface area contributed by atoms with Gasteiger partial charge in [0.25, 0.3) is 0 Å². The molecule has 100 valence electrons. The van der Waals surface area contributed by atoms with Crippen LogP contribution in [0.3, 0.4) is 0 Å². The summed E-state index contributed by atoms with van der Waals surface area (Å²) in [7, 11) is 1.38. The van der Waals surface area contributed by atoms with Gasteiger partial charge in [0.2, 0.25) is 0 Å². The number of aryl methyl sites for hydroxylation is 1. The predicted molar refractivity (Wildman–Crippen MR) is 70.8 cm³/mol. The lowest BCUT2D eigenvalue weighted by Crippen LogP contribution is -2.54. The summed E-state index contributed by atoms with van der Waals surface area (Å²) in [5.41, 5.74) is 0.346. The molecule has 0 radical (unpaired) electrons. The van der Waals surface area contributed by atoms with E-state index >= 15 is 0 Å². The highest BCUT2D eigenvalue weighted by Gasteiger charge is 2.34. The Hall–Kier alpha value is -1.55. The molecule has 1 atom stereocenters. The minimum Gasteiger partial charge on any atom is -0.491 e. The van der Waals surface area contributed by atoms with Gasteiger partial charge in [-0.3, -0.25) is 5.32 Å². The van der Waals surface area contributed by atoms with Crippen LogP contribution in [0.2, 0.25) is 0 Å². The van der Waals surface area contributed by atoms with E-state index in [-0.39, 0.29) is 12.6 Å². The average molecular weight is 251 g/mol. The van der Waals surface area contributed by atoms with Crippen LogP contribution in [0.4, 0.5) is 0 Å². The zero-order valence-corrected chi connectivity index (χ0v) is 11.4. The number of hydrogen-bond donors (Lipinski definition) is 1. The summed E-state index contributed by atoms with van der Waals surface area (Å²) >= 11 is 0. The summed E-state index contributed by atoms with van der Waals surface area (Å²) in [6, 6.07) is 7.72. The van der Waals surface area contributed by atoms with E-state index in [2.05, 4.69) is 5.32 Å². The molecule has 1 unspecified atom stereocenters. The van der Waals surface area contributed by atoms with Gasteiger partial charge in [-0.05, 0) is 32.5 Å². The highest BCUT2D eigenvalue weighted by Crippen LogP contribution is 2.15. The summed E-state index contributed by atoms with van der Waals surface area (Å²) in [6.45, 7) is 6.63. The minimum atomic E-state index is -0.825. The van der Waals surface area contributed by atoms with Gasteiger partial charge in [0.15, 0.2) is 0 Å². The number of carbonyl (C=O) groups is 1. The average Bonchev–Trinajstić information content (AvgIpc) is 2.37. The lowest BCUT2D eigenvalue weighted by Gasteiger charge is -2.27. The second-order valence-electron chi connectivity index (χ2n) is 4.46. The number of esters is 1. The second-order valence-corrected chi connectivity index (χ2v) is 4.46. The Kier molecular flexibility index (Phi) is 5.16. The van der Waals surface area contributed by atoms with Crippen molar-refractivity contribution in [2.24, 2.45) is 0 Å². The van der Waals surface area contributed by atoms with E-state index < -0.39 is 5.54 Å². The van der Waals surface area contributed by atoms with Crippen LogP contribution < -0.4 is 10.1 Å². The maximum absolute atomic E-state index is 11.7. The molecular formula is C14H21NO3. The van der Waals surface area contributed by atoms with E-state index in [4.69, 9.17) is 9.47 Å². The highest BCUT2D eigenvalue weighted by molar-refractivity contribution is 5.80. The Balaban J connectivity index is 2.67. The molecule has 1 N–H and O–H groups in total. The van der Waals surface area contributed by atoms with Crippen LogP contribution in [-0.4, -0.2) is 31.8 Å². The quantitative estimate of drug-likeness (QED) is 0.785. The molecule has 0 aliphatic rings. The second kappa shape index (κ2) is 6.40. The monoisotopic (exact) mass is 251 g/mol. The molecule has 0 amide bonds. The van der Waals surface area contributed by atoms with E-state index in [0.717, 1.165) is 5.75 Å². The molecule has 4 heteroatoms. The molecule has 0 aliphatic carbocycles. The fraction of sp³-hybridized carbons (Fsp3) is 0.500. The van der Waals surface area contributed by atoms with Crippen molar-refractivity contribution in [3.63, 3.8) is 0 Å². The number of hydrogen-bond acceptors (Lipinski definition) is 4. The third-order valence-electron chi connectivity index (χ3n) is 2.75. The van der Waals surface area contributed by atoms with Crippen LogP contribution >= 0.6 is 0 Å². The van der Waals surface area contributed by atoms with Gasteiger partial charge in [-0.25, -0.2) is 4.79 Å². The van der Waals surface area contributed by atoms with Crippen LogP contribution in [0.1, 0.15) is 19.4 Å². The van der Waals surface area contributed by atoms with Gasteiger partial charge in [0, 0.05) is 0 Å². The number of likely N-dealkylation sites (N-methyl/N-ethyl adjacent to an activating group) is 1. The van der Waals surface area contributed by atoms with Crippen molar-refractivity contribution in [2.45, 2.75) is 26.3 Å². The molecule has 0 saturated heterocycles.